The molecule has 4 aromatic rings. The van der Waals surface area contributed by atoms with Gasteiger partial charge in [-0.05, 0) is 58.0 Å². The standard InChI is InChI=1S/C27H25N3O3S/c1-3-24(20-7-5-4-6-8-20)27(22-14-15-25-23(17-22)18-28-29-25)21-12-9-19(10-13-21)11-16-26(31)30-34(2,32)33/h4-18H,3H2,1-2H3,(H,28,29)(H,30,31)/b16-11+,27-24+. The van der Waals surface area contributed by atoms with Crippen molar-refractivity contribution in [2.45, 2.75) is 13.3 Å². The number of fused-ring (bicyclic) bond motifs is 1. The lowest BCUT2D eigenvalue weighted by Crippen LogP contribution is -2.27. The van der Waals surface area contributed by atoms with Crippen molar-refractivity contribution >= 4 is 44.1 Å². The molecule has 0 aliphatic carbocycles. The predicted octanol–water partition coefficient (Wildman–Crippen LogP) is 5.02. The number of benzene rings is 3. The summed E-state index contributed by atoms with van der Waals surface area (Å²) in [4.78, 5) is 11.8. The van der Waals surface area contributed by atoms with Gasteiger partial charge in [0.25, 0.3) is 5.91 Å². The number of hydrogen-bond acceptors (Lipinski definition) is 4. The molecule has 0 spiro atoms. The van der Waals surface area contributed by atoms with Crippen LogP contribution in [0.25, 0.3) is 28.1 Å². The third-order valence-electron chi connectivity index (χ3n) is 5.42. The van der Waals surface area contributed by atoms with Gasteiger partial charge in [0.2, 0.25) is 10.0 Å². The van der Waals surface area contributed by atoms with Gasteiger partial charge >= 0.3 is 0 Å². The highest BCUT2D eigenvalue weighted by atomic mass is 32.2. The first-order chi connectivity index (χ1) is 16.3. The lowest BCUT2D eigenvalue weighted by atomic mass is 9.87. The quantitative estimate of drug-likeness (QED) is 0.292. The molecule has 3 aromatic carbocycles. The zero-order valence-electron chi connectivity index (χ0n) is 18.9. The van der Waals surface area contributed by atoms with E-state index in [-0.39, 0.29) is 0 Å². The van der Waals surface area contributed by atoms with Crippen LogP contribution in [0.2, 0.25) is 0 Å². The number of aromatic nitrogens is 2. The number of nitrogens with one attached hydrogen (secondary N) is 2. The zero-order chi connectivity index (χ0) is 24.1. The lowest BCUT2D eigenvalue weighted by molar-refractivity contribution is -0.114. The van der Waals surface area contributed by atoms with E-state index in [2.05, 4.69) is 41.4 Å². The Morgan fingerprint density at radius 1 is 0.971 bits per heavy atom. The second kappa shape index (κ2) is 9.89. The number of amides is 1. The first-order valence-electron chi connectivity index (χ1n) is 10.9. The van der Waals surface area contributed by atoms with Gasteiger partial charge in [-0.3, -0.25) is 9.89 Å². The van der Waals surface area contributed by atoms with Crippen LogP contribution in [0.1, 0.15) is 35.6 Å². The number of rotatable bonds is 7. The summed E-state index contributed by atoms with van der Waals surface area (Å²) in [5, 5.41) is 8.19. The molecule has 0 radical (unpaired) electrons. The Balaban J connectivity index is 1.77. The molecule has 6 nitrogen and oxygen atoms in total. The largest absolute Gasteiger partial charge is 0.278 e. The van der Waals surface area contributed by atoms with E-state index >= 15 is 0 Å². The van der Waals surface area contributed by atoms with Crippen LogP contribution in [0, 0.1) is 0 Å². The second-order valence-corrected chi connectivity index (χ2v) is 9.69. The summed E-state index contributed by atoms with van der Waals surface area (Å²) >= 11 is 0. The van der Waals surface area contributed by atoms with Gasteiger partial charge in [-0.1, -0.05) is 67.6 Å². The van der Waals surface area contributed by atoms with Gasteiger partial charge in [0.05, 0.1) is 18.0 Å². The number of hydrogen-bond donors (Lipinski definition) is 2. The van der Waals surface area contributed by atoms with Crippen LogP contribution in [0.4, 0.5) is 0 Å². The number of allylic oxidation sites excluding steroid dienone is 1. The molecule has 1 heterocycles. The summed E-state index contributed by atoms with van der Waals surface area (Å²) in [5.74, 6) is -0.682. The molecule has 2 N–H and O–H groups in total. The highest BCUT2D eigenvalue weighted by Crippen LogP contribution is 2.35. The van der Waals surface area contributed by atoms with Crippen molar-refractivity contribution in [3.05, 3.63) is 107 Å². The van der Waals surface area contributed by atoms with Crippen LogP contribution in [-0.4, -0.2) is 30.8 Å². The molecule has 7 heteroatoms. The molecular weight excluding hydrogens is 446 g/mol. The van der Waals surface area contributed by atoms with Crippen LogP contribution in [0.15, 0.2) is 85.1 Å². The molecule has 0 atom stereocenters. The predicted molar refractivity (Wildman–Crippen MR) is 137 cm³/mol. The second-order valence-electron chi connectivity index (χ2n) is 7.94. The van der Waals surface area contributed by atoms with Crippen molar-refractivity contribution in [1.82, 2.24) is 14.9 Å². The summed E-state index contributed by atoms with van der Waals surface area (Å²) < 4.78 is 24.3. The lowest BCUT2D eigenvalue weighted by Gasteiger charge is -2.17. The van der Waals surface area contributed by atoms with Gasteiger partial charge in [-0.25, -0.2) is 13.1 Å². The summed E-state index contributed by atoms with van der Waals surface area (Å²) in [7, 11) is -3.59. The molecule has 172 valence electrons. The Labute approximate surface area is 199 Å². The fraction of sp³-hybridized carbons (Fsp3) is 0.111. The van der Waals surface area contributed by atoms with E-state index in [0.717, 1.165) is 51.4 Å². The van der Waals surface area contributed by atoms with Gasteiger partial charge < -0.3 is 0 Å². The highest BCUT2D eigenvalue weighted by Gasteiger charge is 2.14. The minimum atomic E-state index is -3.59. The van der Waals surface area contributed by atoms with Crippen molar-refractivity contribution in [3.8, 4) is 0 Å². The summed E-state index contributed by atoms with van der Waals surface area (Å²) in [6.45, 7) is 2.15. The first kappa shape index (κ1) is 23.2. The molecule has 0 fully saturated rings. The fourth-order valence-corrected chi connectivity index (χ4v) is 4.36. The average molecular weight is 472 g/mol. The fourth-order valence-electron chi connectivity index (χ4n) is 3.93. The molecule has 4 rings (SSSR count). The number of aromatic amines is 1. The van der Waals surface area contributed by atoms with E-state index in [1.165, 1.54) is 11.6 Å². The monoisotopic (exact) mass is 471 g/mol. The summed E-state index contributed by atoms with van der Waals surface area (Å²) in [5.41, 5.74) is 7.41. The van der Waals surface area contributed by atoms with Crippen molar-refractivity contribution in [2.75, 3.05) is 6.26 Å². The van der Waals surface area contributed by atoms with E-state index in [4.69, 9.17) is 0 Å². The topological polar surface area (TPSA) is 91.9 Å². The number of nitrogens with zero attached hydrogens (tertiary/aromatic N) is 1. The van der Waals surface area contributed by atoms with Crippen LogP contribution in [0.3, 0.4) is 0 Å². The summed E-state index contributed by atoms with van der Waals surface area (Å²) in [6.07, 6.45) is 6.40. The van der Waals surface area contributed by atoms with Crippen LogP contribution < -0.4 is 4.72 Å². The van der Waals surface area contributed by atoms with Crippen LogP contribution in [0.5, 0.6) is 0 Å². The maximum absolute atomic E-state index is 11.8. The third kappa shape index (κ3) is 5.50. The van der Waals surface area contributed by atoms with E-state index in [9.17, 15) is 13.2 Å². The Morgan fingerprint density at radius 2 is 1.68 bits per heavy atom. The SMILES string of the molecule is CC/C(=C(/c1ccc(/C=C/C(=O)NS(C)(=O)=O)cc1)c1ccc2[nH]ncc2c1)c1ccccc1. The highest BCUT2D eigenvalue weighted by molar-refractivity contribution is 7.89. The van der Waals surface area contributed by atoms with E-state index in [0.29, 0.717) is 0 Å². The minimum absolute atomic E-state index is 0.682. The molecule has 1 aromatic heterocycles. The number of H-pyrrole nitrogens is 1. The van der Waals surface area contributed by atoms with E-state index < -0.39 is 15.9 Å². The first-order valence-corrected chi connectivity index (χ1v) is 12.8. The van der Waals surface area contributed by atoms with E-state index in [1.807, 2.05) is 59.4 Å². The van der Waals surface area contributed by atoms with Gasteiger partial charge in [0.15, 0.2) is 0 Å². The molecule has 0 bridgehead atoms. The molecular formula is C27H25N3O3S. The zero-order valence-corrected chi connectivity index (χ0v) is 19.8. The van der Waals surface area contributed by atoms with Crippen LogP contribution in [-0.2, 0) is 14.8 Å². The molecule has 0 unspecified atom stereocenters. The van der Waals surface area contributed by atoms with Crippen molar-refractivity contribution in [2.24, 2.45) is 0 Å². The Hall–Kier alpha value is -3.97. The number of sulfonamides is 1. The Kier molecular flexibility index (Phi) is 6.75. The smallest absolute Gasteiger partial charge is 0.257 e. The van der Waals surface area contributed by atoms with Gasteiger partial charge in [0, 0.05) is 11.5 Å². The third-order valence-corrected chi connectivity index (χ3v) is 5.99. The molecule has 0 aliphatic rings. The average Bonchev–Trinajstić information content (AvgIpc) is 3.29. The van der Waals surface area contributed by atoms with E-state index in [1.54, 1.807) is 6.08 Å². The number of carbonyl (C=O) groups excluding carboxylic acids is 1. The summed E-state index contributed by atoms with van der Waals surface area (Å²) in [6, 6.07) is 24.4. The minimum Gasteiger partial charge on any atom is -0.278 e. The van der Waals surface area contributed by atoms with Crippen molar-refractivity contribution in [1.29, 1.82) is 0 Å². The van der Waals surface area contributed by atoms with Crippen LogP contribution >= 0.6 is 0 Å². The van der Waals surface area contributed by atoms with Gasteiger partial charge in [-0.2, -0.15) is 5.10 Å². The molecule has 0 aliphatic heterocycles. The number of carbonyl (C=O) groups is 1. The van der Waals surface area contributed by atoms with Crippen molar-refractivity contribution < 1.29 is 13.2 Å². The Bertz CT molecular complexity index is 1480. The molecule has 0 saturated heterocycles. The Morgan fingerprint density at radius 3 is 2.35 bits per heavy atom. The molecule has 34 heavy (non-hydrogen) atoms. The molecule has 0 saturated carbocycles. The van der Waals surface area contributed by atoms with Gasteiger partial charge in [0.1, 0.15) is 0 Å². The van der Waals surface area contributed by atoms with Gasteiger partial charge in [-0.15, -0.1) is 0 Å². The maximum atomic E-state index is 11.8. The van der Waals surface area contributed by atoms with Crippen molar-refractivity contribution in [3.63, 3.8) is 0 Å². The normalized spacial score (nSPS) is 12.6. The molecule has 1 amide bonds. The maximum Gasteiger partial charge on any atom is 0.257 e.